The zero-order valence-electron chi connectivity index (χ0n) is 10.2. The van der Waals surface area contributed by atoms with Crippen molar-refractivity contribution in [2.75, 3.05) is 18.6 Å². The van der Waals surface area contributed by atoms with Crippen LogP contribution in [0.1, 0.15) is 6.92 Å². The molecular weight excluding hydrogens is 294 g/mol. The summed E-state index contributed by atoms with van der Waals surface area (Å²) < 4.78 is 26.3. The predicted molar refractivity (Wildman–Crippen MR) is 75.6 cm³/mol. The fraction of sp³-hybridized carbons (Fsp3) is 0.455. The standard InChI is InChI=1S/C11H16ClNO3S2/c1-11(14,8-17-2)7-13-18(15,16)10-6-4-3-5-9(10)12/h3-6,13-14H,7-8H2,1-2H3/t11-/m0/s1. The molecule has 4 nitrogen and oxygen atoms in total. The summed E-state index contributed by atoms with van der Waals surface area (Å²) in [5.41, 5.74) is -1.09. The zero-order chi connectivity index (χ0) is 13.8. The maximum atomic E-state index is 12.0. The minimum atomic E-state index is -3.69. The Morgan fingerprint density at radius 2 is 2.06 bits per heavy atom. The third kappa shape index (κ3) is 4.44. The van der Waals surface area contributed by atoms with Crippen molar-refractivity contribution >= 4 is 33.4 Å². The molecule has 1 aromatic carbocycles. The second-order valence-electron chi connectivity index (χ2n) is 4.18. The van der Waals surface area contributed by atoms with Crippen molar-refractivity contribution in [1.29, 1.82) is 0 Å². The SMILES string of the molecule is CSC[C@@](C)(O)CNS(=O)(=O)c1ccccc1Cl. The van der Waals surface area contributed by atoms with E-state index < -0.39 is 15.6 Å². The van der Waals surface area contributed by atoms with Crippen molar-refractivity contribution in [2.45, 2.75) is 17.4 Å². The Morgan fingerprint density at radius 1 is 1.44 bits per heavy atom. The molecule has 1 atom stereocenters. The number of halogens is 1. The molecule has 7 heteroatoms. The van der Waals surface area contributed by atoms with Gasteiger partial charge in [0.15, 0.2) is 0 Å². The quantitative estimate of drug-likeness (QED) is 0.840. The van der Waals surface area contributed by atoms with Crippen molar-refractivity contribution in [1.82, 2.24) is 4.72 Å². The van der Waals surface area contributed by atoms with Gasteiger partial charge < -0.3 is 5.11 Å². The van der Waals surface area contributed by atoms with Gasteiger partial charge in [0.1, 0.15) is 4.90 Å². The highest BCUT2D eigenvalue weighted by Crippen LogP contribution is 2.20. The van der Waals surface area contributed by atoms with Gasteiger partial charge in [-0.15, -0.1) is 0 Å². The Hall–Kier alpha value is -0.270. The van der Waals surface area contributed by atoms with Gasteiger partial charge in [0.2, 0.25) is 10.0 Å². The molecule has 0 aromatic heterocycles. The molecule has 1 rings (SSSR count). The fourth-order valence-electron chi connectivity index (χ4n) is 1.35. The van der Waals surface area contributed by atoms with E-state index in [9.17, 15) is 13.5 Å². The molecule has 0 saturated heterocycles. The lowest BCUT2D eigenvalue weighted by atomic mass is 10.1. The first-order valence-electron chi connectivity index (χ1n) is 5.24. The number of hydrogen-bond acceptors (Lipinski definition) is 4. The topological polar surface area (TPSA) is 66.4 Å². The van der Waals surface area contributed by atoms with Crippen LogP contribution in [-0.2, 0) is 10.0 Å². The molecule has 0 aliphatic heterocycles. The molecule has 0 aliphatic carbocycles. The van der Waals surface area contributed by atoms with E-state index in [1.807, 2.05) is 6.26 Å². The number of hydrogen-bond donors (Lipinski definition) is 2. The number of aliphatic hydroxyl groups is 1. The van der Waals surface area contributed by atoms with Crippen LogP contribution in [0, 0.1) is 0 Å². The lowest BCUT2D eigenvalue weighted by Crippen LogP contribution is -2.42. The lowest BCUT2D eigenvalue weighted by Gasteiger charge is -2.22. The van der Waals surface area contributed by atoms with Gasteiger partial charge in [-0.25, -0.2) is 13.1 Å². The van der Waals surface area contributed by atoms with E-state index in [4.69, 9.17) is 11.6 Å². The highest BCUT2D eigenvalue weighted by molar-refractivity contribution is 7.98. The van der Waals surface area contributed by atoms with Crippen LogP contribution in [0.25, 0.3) is 0 Å². The van der Waals surface area contributed by atoms with Crippen LogP contribution in [0.4, 0.5) is 0 Å². The van der Waals surface area contributed by atoms with Crippen LogP contribution in [0.3, 0.4) is 0 Å². The summed E-state index contributed by atoms with van der Waals surface area (Å²) >= 11 is 7.28. The molecule has 0 aliphatic rings. The number of thioether (sulfide) groups is 1. The summed E-state index contributed by atoms with van der Waals surface area (Å²) in [6.45, 7) is 1.53. The van der Waals surface area contributed by atoms with Crippen LogP contribution in [0.5, 0.6) is 0 Å². The molecule has 102 valence electrons. The monoisotopic (exact) mass is 309 g/mol. The molecule has 0 radical (unpaired) electrons. The molecule has 0 unspecified atom stereocenters. The Bertz CT molecular complexity index is 503. The molecule has 0 fully saturated rings. The minimum absolute atomic E-state index is 0.0200. The van der Waals surface area contributed by atoms with Gasteiger partial charge in [-0.05, 0) is 25.3 Å². The summed E-state index contributed by atoms with van der Waals surface area (Å²) in [4.78, 5) is 0.0200. The fourth-order valence-corrected chi connectivity index (χ4v) is 3.76. The molecule has 0 heterocycles. The van der Waals surface area contributed by atoms with Crippen molar-refractivity contribution in [3.63, 3.8) is 0 Å². The second kappa shape index (κ2) is 6.25. The van der Waals surface area contributed by atoms with Crippen LogP contribution < -0.4 is 4.72 Å². The van der Waals surface area contributed by atoms with E-state index in [1.54, 1.807) is 19.1 Å². The first kappa shape index (κ1) is 15.8. The predicted octanol–water partition coefficient (Wildman–Crippen LogP) is 1.73. The summed E-state index contributed by atoms with van der Waals surface area (Å²) in [5.74, 6) is 0.443. The Morgan fingerprint density at radius 3 is 2.61 bits per heavy atom. The number of nitrogens with one attached hydrogen (secondary N) is 1. The van der Waals surface area contributed by atoms with Crippen molar-refractivity contribution < 1.29 is 13.5 Å². The van der Waals surface area contributed by atoms with Crippen LogP contribution in [-0.4, -0.2) is 37.7 Å². The van der Waals surface area contributed by atoms with Gasteiger partial charge >= 0.3 is 0 Å². The summed E-state index contributed by atoms with van der Waals surface area (Å²) in [6.07, 6.45) is 1.84. The van der Waals surface area contributed by atoms with E-state index in [-0.39, 0.29) is 16.5 Å². The number of rotatable bonds is 6. The molecule has 2 N–H and O–H groups in total. The van der Waals surface area contributed by atoms with Crippen LogP contribution in [0.2, 0.25) is 5.02 Å². The first-order chi connectivity index (χ1) is 8.28. The van der Waals surface area contributed by atoms with Gasteiger partial charge in [-0.3, -0.25) is 0 Å². The van der Waals surface area contributed by atoms with E-state index in [1.165, 1.54) is 23.9 Å². The summed E-state index contributed by atoms with van der Waals surface area (Å²) in [6, 6.07) is 6.19. The summed E-state index contributed by atoms with van der Waals surface area (Å²) in [7, 11) is -3.69. The van der Waals surface area contributed by atoms with E-state index in [2.05, 4.69) is 4.72 Å². The average Bonchev–Trinajstić information content (AvgIpc) is 2.27. The largest absolute Gasteiger partial charge is 0.388 e. The molecule has 1 aromatic rings. The molecule has 18 heavy (non-hydrogen) atoms. The van der Waals surface area contributed by atoms with Gasteiger partial charge in [-0.2, -0.15) is 11.8 Å². The average molecular weight is 310 g/mol. The van der Waals surface area contributed by atoms with Gasteiger partial charge in [0, 0.05) is 12.3 Å². The normalized spacial score (nSPS) is 15.3. The van der Waals surface area contributed by atoms with Gasteiger partial charge in [0.05, 0.1) is 10.6 Å². The molecule has 0 saturated carbocycles. The zero-order valence-corrected chi connectivity index (χ0v) is 12.6. The van der Waals surface area contributed by atoms with Crippen LogP contribution >= 0.6 is 23.4 Å². The third-order valence-electron chi connectivity index (χ3n) is 2.22. The van der Waals surface area contributed by atoms with Crippen molar-refractivity contribution in [3.8, 4) is 0 Å². The van der Waals surface area contributed by atoms with Crippen molar-refractivity contribution in [2.24, 2.45) is 0 Å². The van der Waals surface area contributed by atoms with E-state index in [0.29, 0.717) is 5.75 Å². The Kier molecular flexibility index (Phi) is 5.48. The molecule has 0 spiro atoms. The first-order valence-corrected chi connectivity index (χ1v) is 8.49. The molecular formula is C11H16ClNO3S2. The highest BCUT2D eigenvalue weighted by atomic mass is 35.5. The number of sulfonamides is 1. The van der Waals surface area contributed by atoms with Gasteiger partial charge in [0.25, 0.3) is 0 Å². The summed E-state index contributed by atoms with van der Waals surface area (Å²) in [5, 5.41) is 10.1. The smallest absolute Gasteiger partial charge is 0.242 e. The maximum absolute atomic E-state index is 12.0. The van der Waals surface area contributed by atoms with Crippen molar-refractivity contribution in [3.05, 3.63) is 29.3 Å². The number of benzene rings is 1. The van der Waals surface area contributed by atoms with E-state index in [0.717, 1.165) is 0 Å². The van der Waals surface area contributed by atoms with Crippen LogP contribution in [0.15, 0.2) is 29.2 Å². The third-order valence-corrected chi connectivity index (χ3v) is 5.04. The van der Waals surface area contributed by atoms with E-state index >= 15 is 0 Å². The lowest BCUT2D eigenvalue weighted by molar-refractivity contribution is 0.0908. The molecule has 0 amide bonds. The second-order valence-corrected chi connectivity index (χ2v) is 7.19. The minimum Gasteiger partial charge on any atom is -0.388 e. The van der Waals surface area contributed by atoms with Gasteiger partial charge in [-0.1, -0.05) is 23.7 Å². The Balaban J connectivity index is 2.81. The Labute approximate surface area is 117 Å². The highest BCUT2D eigenvalue weighted by Gasteiger charge is 2.24. The maximum Gasteiger partial charge on any atom is 0.242 e. The molecule has 0 bridgehead atoms.